The number of benzene rings is 1. The van der Waals surface area contributed by atoms with Gasteiger partial charge in [0.25, 0.3) is 0 Å². The zero-order valence-electron chi connectivity index (χ0n) is 19.2. The standard InChI is InChI=1S/C23H36N2O4S/c1-8-12-17(25-21(27)29-23(5,6)7)19(30)24-18(20(26)28-22(2,3)4)15-16-13-10-9-11-14-16/h9-11,13-14,17-18H,8,12,15H2,1-7H3,(H,24,30)(H,25,27). The number of rotatable bonds is 8. The minimum absolute atomic E-state index is 0.384. The van der Waals surface area contributed by atoms with E-state index in [1.54, 1.807) is 20.8 Å². The number of carbonyl (C=O) groups excluding carboxylic acids is 2. The second-order valence-electron chi connectivity index (χ2n) is 9.27. The highest BCUT2D eigenvalue weighted by molar-refractivity contribution is 7.80. The van der Waals surface area contributed by atoms with E-state index in [4.69, 9.17) is 21.7 Å². The third-order valence-corrected chi connectivity index (χ3v) is 4.28. The molecule has 2 unspecified atom stereocenters. The van der Waals surface area contributed by atoms with Gasteiger partial charge in [-0.15, -0.1) is 0 Å². The third kappa shape index (κ3) is 10.6. The van der Waals surface area contributed by atoms with Gasteiger partial charge in [0.15, 0.2) is 0 Å². The van der Waals surface area contributed by atoms with Gasteiger partial charge in [0.2, 0.25) is 0 Å². The van der Waals surface area contributed by atoms with Gasteiger partial charge in [-0.05, 0) is 53.5 Å². The molecule has 0 aliphatic heterocycles. The van der Waals surface area contributed by atoms with Crippen molar-refractivity contribution in [1.29, 1.82) is 0 Å². The molecule has 7 heteroatoms. The van der Waals surface area contributed by atoms with Gasteiger partial charge in [-0.3, -0.25) is 0 Å². The van der Waals surface area contributed by atoms with Crippen molar-refractivity contribution in [1.82, 2.24) is 10.6 Å². The first kappa shape index (κ1) is 25.9. The molecule has 0 saturated heterocycles. The molecule has 1 aromatic carbocycles. The first-order valence-corrected chi connectivity index (χ1v) is 10.8. The molecule has 0 bridgehead atoms. The summed E-state index contributed by atoms with van der Waals surface area (Å²) in [4.78, 5) is 25.5. The molecular formula is C23H36N2O4S. The third-order valence-electron chi connectivity index (χ3n) is 3.88. The van der Waals surface area contributed by atoms with Crippen LogP contribution in [0, 0.1) is 0 Å². The highest BCUT2D eigenvalue weighted by atomic mass is 32.1. The number of nitrogens with one attached hydrogen (secondary N) is 2. The summed E-state index contributed by atoms with van der Waals surface area (Å²) in [6, 6.07) is 8.55. The van der Waals surface area contributed by atoms with E-state index in [0.717, 1.165) is 12.0 Å². The fraction of sp³-hybridized carbons (Fsp3) is 0.609. The van der Waals surface area contributed by atoms with E-state index in [1.165, 1.54) is 0 Å². The predicted octanol–water partition coefficient (Wildman–Crippen LogP) is 4.55. The molecule has 1 amide bonds. The summed E-state index contributed by atoms with van der Waals surface area (Å²) < 4.78 is 10.9. The van der Waals surface area contributed by atoms with Crippen LogP contribution in [-0.4, -0.2) is 40.3 Å². The maximum atomic E-state index is 12.8. The molecule has 0 aliphatic carbocycles. The lowest BCUT2D eigenvalue weighted by molar-refractivity contribution is -0.157. The van der Waals surface area contributed by atoms with Crippen molar-refractivity contribution in [3.8, 4) is 0 Å². The minimum Gasteiger partial charge on any atom is -0.458 e. The molecule has 1 rings (SSSR count). The molecule has 0 spiro atoms. The monoisotopic (exact) mass is 436 g/mol. The second-order valence-corrected chi connectivity index (χ2v) is 9.71. The Morgan fingerprint density at radius 2 is 1.50 bits per heavy atom. The fourth-order valence-electron chi connectivity index (χ4n) is 2.70. The van der Waals surface area contributed by atoms with Gasteiger partial charge in [0, 0.05) is 6.42 Å². The van der Waals surface area contributed by atoms with Crippen molar-refractivity contribution in [3.63, 3.8) is 0 Å². The zero-order chi connectivity index (χ0) is 22.9. The smallest absolute Gasteiger partial charge is 0.408 e. The van der Waals surface area contributed by atoms with Crippen LogP contribution in [0.2, 0.25) is 0 Å². The summed E-state index contributed by atoms with van der Waals surface area (Å²) in [6.45, 7) is 12.9. The van der Waals surface area contributed by atoms with E-state index in [0.29, 0.717) is 17.8 Å². The highest BCUT2D eigenvalue weighted by Gasteiger charge is 2.29. The summed E-state index contributed by atoms with van der Waals surface area (Å²) in [6.07, 6.45) is 1.30. The van der Waals surface area contributed by atoms with Crippen molar-refractivity contribution in [2.45, 2.75) is 91.0 Å². The van der Waals surface area contributed by atoms with E-state index >= 15 is 0 Å². The Labute approximate surface area is 186 Å². The molecule has 2 atom stereocenters. The molecule has 6 nitrogen and oxygen atoms in total. The van der Waals surface area contributed by atoms with E-state index in [-0.39, 0.29) is 5.97 Å². The van der Waals surface area contributed by atoms with E-state index < -0.39 is 29.4 Å². The van der Waals surface area contributed by atoms with Gasteiger partial charge in [-0.2, -0.15) is 0 Å². The van der Waals surface area contributed by atoms with E-state index in [2.05, 4.69) is 10.6 Å². The summed E-state index contributed by atoms with van der Waals surface area (Å²) in [5.74, 6) is -0.388. The summed E-state index contributed by atoms with van der Waals surface area (Å²) in [7, 11) is 0. The number of ether oxygens (including phenoxy) is 2. The molecule has 0 radical (unpaired) electrons. The van der Waals surface area contributed by atoms with Crippen molar-refractivity contribution >= 4 is 29.3 Å². The molecule has 168 valence electrons. The Bertz CT molecular complexity index is 708. The number of carbonyl (C=O) groups is 2. The van der Waals surface area contributed by atoms with Crippen LogP contribution in [0.25, 0.3) is 0 Å². The molecule has 30 heavy (non-hydrogen) atoms. The molecule has 1 aromatic rings. The van der Waals surface area contributed by atoms with Crippen molar-refractivity contribution in [3.05, 3.63) is 35.9 Å². The van der Waals surface area contributed by atoms with Crippen LogP contribution in [0.5, 0.6) is 0 Å². The van der Waals surface area contributed by atoms with Gasteiger partial charge in [-0.25, -0.2) is 9.59 Å². The molecule has 0 fully saturated rings. The van der Waals surface area contributed by atoms with Crippen LogP contribution >= 0.6 is 12.2 Å². The van der Waals surface area contributed by atoms with Crippen LogP contribution in [-0.2, 0) is 20.7 Å². The predicted molar refractivity (Wildman–Crippen MR) is 124 cm³/mol. The van der Waals surface area contributed by atoms with Gasteiger partial charge >= 0.3 is 12.1 Å². The summed E-state index contributed by atoms with van der Waals surface area (Å²) in [5.41, 5.74) is -0.245. The Hall–Kier alpha value is -2.15. The van der Waals surface area contributed by atoms with Crippen LogP contribution in [0.3, 0.4) is 0 Å². The van der Waals surface area contributed by atoms with Gasteiger partial charge in [0.1, 0.15) is 17.2 Å². The largest absolute Gasteiger partial charge is 0.458 e. The van der Waals surface area contributed by atoms with Crippen molar-refractivity contribution in [2.24, 2.45) is 0 Å². The first-order valence-electron chi connectivity index (χ1n) is 10.4. The molecule has 0 saturated carbocycles. The first-order chi connectivity index (χ1) is 13.8. The lowest BCUT2D eigenvalue weighted by atomic mass is 10.0. The van der Waals surface area contributed by atoms with Gasteiger partial charge < -0.3 is 20.1 Å². The Morgan fingerprint density at radius 1 is 0.933 bits per heavy atom. The number of amides is 1. The van der Waals surface area contributed by atoms with Gasteiger partial charge in [0.05, 0.1) is 11.0 Å². The van der Waals surface area contributed by atoms with Crippen molar-refractivity contribution < 1.29 is 19.1 Å². The van der Waals surface area contributed by atoms with Crippen LogP contribution in [0.15, 0.2) is 30.3 Å². The number of hydrogen-bond acceptors (Lipinski definition) is 5. The lowest BCUT2D eigenvalue weighted by Crippen LogP contribution is -2.53. The van der Waals surface area contributed by atoms with Crippen LogP contribution in [0.4, 0.5) is 4.79 Å². The maximum absolute atomic E-state index is 12.8. The Morgan fingerprint density at radius 3 is 2.00 bits per heavy atom. The van der Waals surface area contributed by atoms with Gasteiger partial charge in [-0.1, -0.05) is 55.9 Å². The van der Waals surface area contributed by atoms with Crippen LogP contribution in [0.1, 0.15) is 66.9 Å². The highest BCUT2D eigenvalue weighted by Crippen LogP contribution is 2.13. The molecular weight excluding hydrogens is 400 g/mol. The molecule has 0 aliphatic rings. The average molecular weight is 437 g/mol. The number of hydrogen-bond donors (Lipinski definition) is 2. The second kappa shape index (κ2) is 11.3. The quantitative estimate of drug-likeness (QED) is 0.460. The zero-order valence-corrected chi connectivity index (χ0v) is 20.0. The van der Waals surface area contributed by atoms with Crippen LogP contribution < -0.4 is 10.6 Å². The van der Waals surface area contributed by atoms with E-state index in [9.17, 15) is 9.59 Å². The lowest BCUT2D eigenvalue weighted by Gasteiger charge is -2.28. The van der Waals surface area contributed by atoms with E-state index in [1.807, 2.05) is 58.0 Å². The number of alkyl carbamates (subject to hydrolysis) is 1. The molecule has 0 aromatic heterocycles. The Kier molecular flexibility index (Phi) is 9.75. The fourth-order valence-corrected chi connectivity index (χ4v) is 3.01. The maximum Gasteiger partial charge on any atom is 0.408 e. The topological polar surface area (TPSA) is 76.7 Å². The number of esters is 1. The Balaban J connectivity index is 2.95. The summed E-state index contributed by atoms with van der Waals surface area (Å²) >= 11 is 5.56. The molecule has 2 N–H and O–H groups in total. The number of thiocarbonyl (C=S) groups is 1. The average Bonchev–Trinajstić information content (AvgIpc) is 2.58. The minimum atomic E-state index is -0.668. The SMILES string of the molecule is CCCC(NC(=O)OC(C)(C)C)C(=S)NC(Cc1ccccc1)C(=O)OC(C)(C)C. The summed E-state index contributed by atoms with van der Waals surface area (Å²) in [5, 5.41) is 5.94. The normalized spacial score (nSPS) is 13.7. The van der Waals surface area contributed by atoms with Crippen molar-refractivity contribution in [2.75, 3.05) is 0 Å². The molecule has 0 heterocycles.